The maximum Gasteiger partial charge on any atom is 0.255 e. The summed E-state index contributed by atoms with van der Waals surface area (Å²) in [7, 11) is 0. The first-order valence-electron chi connectivity index (χ1n) is 8.61. The monoisotopic (exact) mass is 454 g/mol. The molecule has 29 heavy (non-hydrogen) atoms. The third-order valence-electron chi connectivity index (χ3n) is 4.33. The molecule has 0 saturated heterocycles. The van der Waals surface area contributed by atoms with Crippen LogP contribution in [0.4, 0.5) is 10.1 Å². The first kappa shape index (κ1) is 20.3. The van der Waals surface area contributed by atoms with E-state index in [1.54, 1.807) is 42.6 Å². The smallest absolute Gasteiger partial charge is 0.255 e. The Kier molecular flexibility index (Phi) is 6.10. The molecule has 6 nitrogen and oxygen atoms in total. The first-order valence-corrected chi connectivity index (χ1v) is 9.40. The van der Waals surface area contributed by atoms with Gasteiger partial charge in [0.05, 0.1) is 11.3 Å². The van der Waals surface area contributed by atoms with Crippen LogP contribution in [0, 0.1) is 17.1 Å². The zero-order valence-electron chi connectivity index (χ0n) is 15.1. The minimum absolute atomic E-state index is 0.0622. The van der Waals surface area contributed by atoms with Crippen LogP contribution in [-0.4, -0.2) is 16.5 Å². The fourth-order valence-electron chi connectivity index (χ4n) is 2.82. The van der Waals surface area contributed by atoms with Crippen LogP contribution in [0.15, 0.2) is 70.1 Å². The summed E-state index contributed by atoms with van der Waals surface area (Å²) in [4.78, 5) is 23.8. The third kappa shape index (κ3) is 4.70. The molecule has 0 aliphatic rings. The van der Waals surface area contributed by atoms with Gasteiger partial charge in [0.2, 0.25) is 5.91 Å². The number of benzene rings is 2. The molecule has 0 spiro atoms. The van der Waals surface area contributed by atoms with Crippen LogP contribution in [-0.2, 0) is 11.2 Å². The number of hydrogen-bond acceptors (Lipinski definition) is 4. The van der Waals surface area contributed by atoms with E-state index < -0.39 is 17.8 Å². The molecule has 1 heterocycles. The van der Waals surface area contributed by atoms with Crippen molar-refractivity contribution in [3.8, 4) is 11.8 Å². The van der Waals surface area contributed by atoms with E-state index in [4.69, 9.17) is 11.0 Å². The molecule has 0 saturated carbocycles. The Morgan fingerprint density at radius 2 is 1.97 bits per heavy atom. The lowest BCUT2D eigenvalue weighted by Crippen LogP contribution is -2.37. The van der Waals surface area contributed by atoms with E-state index in [1.165, 1.54) is 16.7 Å². The maximum atomic E-state index is 14.2. The van der Waals surface area contributed by atoms with Gasteiger partial charge in [-0.1, -0.05) is 18.2 Å². The molecule has 0 aliphatic carbocycles. The number of pyridine rings is 1. The Labute approximate surface area is 174 Å². The van der Waals surface area contributed by atoms with Crippen LogP contribution >= 0.6 is 15.9 Å². The van der Waals surface area contributed by atoms with Crippen molar-refractivity contribution >= 4 is 27.5 Å². The van der Waals surface area contributed by atoms with Gasteiger partial charge in [0.15, 0.2) is 0 Å². The number of nitriles is 1. The van der Waals surface area contributed by atoms with Gasteiger partial charge < -0.3 is 11.1 Å². The van der Waals surface area contributed by atoms with Crippen LogP contribution in [0.2, 0.25) is 0 Å². The molecule has 1 atom stereocenters. The largest absolute Gasteiger partial charge is 0.371 e. The Morgan fingerprint density at radius 3 is 2.59 bits per heavy atom. The first-order chi connectivity index (χ1) is 13.9. The van der Waals surface area contributed by atoms with Gasteiger partial charge in [-0.05, 0) is 51.8 Å². The van der Waals surface area contributed by atoms with Crippen molar-refractivity contribution in [2.24, 2.45) is 5.73 Å². The van der Waals surface area contributed by atoms with Gasteiger partial charge in [-0.15, -0.1) is 0 Å². The highest BCUT2D eigenvalue weighted by atomic mass is 79.9. The van der Waals surface area contributed by atoms with Gasteiger partial charge in [0.25, 0.3) is 5.56 Å². The quantitative estimate of drug-likeness (QED) is 0.597. The van der Waals surface area contributed by atoms with Crippen molar-refractivity contribution in [3.63, 3.8) is 0 Å². The molecule has 8 heteroatoms. The zero-order valence-corrected chi connectivity index (χ0v) is 16.7. The molecule has 1 unspecified atom stereocenters. The van der Waals surface area contributed by atoms with Gasteiger partial charge in [-0.3, -0.25) is 14.2 Å². The summed E-state index contributed by atoms with van der Waals surface area (Å²) in [5.74, 6) is -1.30. The van der Waals surface area contributed by atoms with Crippen LogP contribution in [0.5, 0.6) is 0 Å². The molecule has 146 valence electrons. The number of primary amides is 1. The normalized spacial score (nSPS) is 11.5. The van der Waals surface area contributed by atoms with Gasteiger partial charge in [0.1, 0.15) is 17.9 Å². The lowest BCUT2D eigenvalue weighted by Gasteiger charge is -2.18. The second-order valence-corrected chi connectivity index (χ2v) is 7.16. The average molecular weight is 455 g/mol. The zero-order chi connectivity index (χ0) is 21.0. The molecule has 1 amide bonds. The summed E-state index contributed by atoms with van der Waals surface area (Å²) in [6, 6.07) is 15.4. The van der Waals surface area contributed by atoms with Gasteiger partial charge in [0, 0.05) is 28.8 Å². The van der Waals surface area contributed by atoms with Gasteiger partial charge >= 0.3 is 0 Å². The van der Waals surface area contributed by atoms with Crippen molar-refractivity contribution in [3.05, 3.63) is 92.6 Å². The number of nitrogens with one attached hydrogen (secondary N) is 1. The Balaban J connectivity index is 1.81. The molecule has 3 N–H and O–H groups in total. The van der Waals surface area contributed by atoms with Crippen molar-refractivity contribution in [2.75, 3.05) is 5.32 Å². The molecule has 0 fully saturated rings. The summed E-state index contributed by atoms with van der Waals surface area (Å²) in [5, 5.41) is 11.8. The fourth-order valence-corrected chi connectivity index (χ4v) is 3.25. The summed E-state index contributed by atoms with van der Waals surface area (Å²) < 4.78 is 16.1. The molecule has 3 rings (SSSR count). The van der Waals surface area contributed by atoms with E-state index in [1.807, 2.05) is 6.07 Å². The van der Waals surface area contributed by atoms with Crippen molar-refractivity contribution in [1.29, 1.82) is 5.26 Å². The molecule has 0 aliphatic heterocycles. The van der Waals surface area contributed by atoms with Crippen molar-refractivity contribution in [2.45, 2.75) is 12.5 Å². The van der Waals surface area contributed by atoms with E-state index >= 15 is 0 Å². The fraction of sp³-hybridized carbons (Fsp3) is 0.0952. The number of nitrogens with zero attached hydrogens (tertiary/aromatic N) is 2. The van der Waals surface area contributed by atoms with Gasteiger partial charge in [-0.25, -0.2) is 4.39 Å². The lowest BCUT2D eigenvalue weighted by molar-refractivity contribution is -0.118. The Morgan fingerprint density at radius 1 is 1.24 bits per heavy atom. The lowest BCUT2D eigenvalue weighted by atomic mass is 10.0. The van der Waals surface area contributed by atoms with Gasteiger partial charge in [-0.2, -0.15) is 5.26 Å². The average Bonchev–Trinajstić information content (AvgIpc) is 2.70. The summed E-state index contributed by atoms with van der Waals surface area (Å²) >= 11 is 3.20. The number of rotatable bonds is 6. The highest BCUT2D eigenvalue weighted by Gasteiger charge is 2.19. The molecule has 0 radical (unpaired) electrons. The Bertz CT molecular complexity index is 1150. The van der Waals surface area contributed by atoms with Crippen LogP contribution in [0.25, 0.3) is 5.69 Å². The standard InChI is InChI=1S/C21H16BrFN4O2/c22-16-11-18(17(23)10-14(16)12-24)26-19(21(25)29)9-13-4-6-15(7-5-13)27-8-2-1-3-20(27)28/h1-8,10-11,19,26H,9H2,(H2,25,29). The number of nitrogens with two attached hydrogens (primary N) is 1. The van der Waals surface area contributed by atoms with Crippen LogP contribution < -0.4 is 16.6 Å². The maximum absolute atomic E-state index is 14.2. The minimum atomic E-state index is -0.866. The number of anilines is 1. The number of amides is 1. The van der Waals surface area contributed by atoms with Crippen molar-refractivity contribution in [1.82, 2.24) is 4.57 Å². The van der Waals surface area contributed by atoms with E-state index in [2.05, 4.69) is 21.2 Å². The Hall–Kier alpha value is -3.44. The predicted molar refractivity (Wildman–Crippen MR) is 111 cm³/mol. The molecular formula is C21H16BrFN4O2. The number of hydrogen-bond donors (Lipinski definition) is 2. The number of aromatic nitrogens is 1. The van der Waals surface area contributed by atoms with Crippen LogP contribution in [0.1, 0.15) is 11.1 Å². The highest BCUT2D eigenvalue weighted by molar-refractivity contribution is 9.10. The predicted octanol–water partition coefficient (Wildman–Crippen LogP) is 3.12. The second-order valence-electron chi connectivity index (χ2n) is 6.30. The molecule has 3 aromatic rings. The summed E-state index contributed by atoms with van der Waals surface area (Å²) in [6.07, 6.45) is 1.88. The number of carbonyl (C=O) groups is 1. The topological polar surface area (TPSA) is 101 Å². The summed E-state index contributed by atoms with van der Waals surface area (Å²) in [6.45, 7) is 0. The molecular weight excluding hydrogens is 439 g/mol. The molecule has 2 aromatic carbocycles. The van der Waals surface area contributed by atoms with E-state index in [0.29, 0.717) is 10.2 Å². The number of halogens is 2. The molecule has 1 aromatic heterocycles. The SMILES string of the molecule is N#Cc1cc(F)c(NC(Cc2ccc(-n3ccccc3=O)cc2)C(N)=O)cc1Br. The molecule has 0 bridgehead atoms. The van der Waals surface area contributed by atoms with E-state index in [0.717, 1.165) is 11.6 Å². The van der Waals surface area contributed by atoms with E-state index in [9.17, 15) is 14.0 Å². The summed E-state index contributed by atoms with van der Waals surface area (Å²) in [5.41, 5.74) is 7.01. The van der Waals surface area contributed by atoms with Crippen molar-refractivity contribution < 1.29 is 9.18 Å². The minimum Gasteiger partial charge on any atom is -0.371 e. The van der Waals surface area contributed by atoms with Crippen LogP contribution in [0.3, 0.4) is 0 Å². The highest BCUT2D eigenvalue weighted by Crippen LogP contribution is 2.25. The number of carbonyl (C=O) groups excluding carboxylic acids is 1. The van der Waals surface area contributed by atoms with E-state index in [-0.39, 0.29) is 23.2 Å². The third-order valence-corrected chi connectivity index (χ3v) is 4.98. The second kappa shape index (κ2) is 8.71.